The lowest BCUT2D eigenvalue weighted by atomic mass is 9.94. The van der Waals surface area contributed by atoms with E-state index in [1.54, 1.807) is 6.20 Å². The zero-order chi connectivity index (χ0) is 19.3. The molecule has 3 aromatic carbocycles. The zero-order valence-corrected chi connectivity index (χ0v) is 15.8. The lowest BCUT2D eigenvalue weighted by Crippen LogP contribution is -2.05. The van der Waals surface area contributed by atoms with Gasteiger partial charge in [0.25, 0.3) is 0 Å². The number of rotatable bonds is 6. The van der Waals surface area contributed by atoms with Gasteiger partial charge < -0.3 is 9.72 Å². The Morgan fingerprint density at radius 3 is 2.64 bits per heavy atom. The minimum Gasteiger partial charge on any atom is -0.466 e. The molecule has 0 aliphatic heterocycles. The highest BCUT2D eigenvalue weighted by molar-refractivity contribution is 5.90. The Morgan fingerprint density at radius 2 is 1.86 bits per heavy atom. The van der Waals surface area contributed by atoms with E-state index in [9.17, 15) is 4.79 Å². The van der Waals surface area contributed by atoms with Gasteiger partial charge in [0.05, 0.1) is 6.61 Å². The van der Waals surface area contributed by atoms with Crippen LogP contribution < -0.4 is 0 Å². The summed E-state index contributed by atoms with van der Waals surface area (Å²) < 4.78 is 5.06. The minimum atomic E-state index is -0.162. The second kappa shape index (κ2) is 8.09. The molecule has 1 heterocycles. The fourth-order valence-electron chi connectivity index (χ4n) is 3.44. The highest BCUT2D eigenvalue weighted by Gasteiger charge is 2.12. The Bertz CT molecular complexity index is 1100. The van der Waals surface area contributed by atoms with Crippen LogP contribution in [0.2, 0.25) is 0 Å². The normalized spacial score (nSPS) is 10.9. The Labute approximate surface area is 164 Å². The first-order valence-corrected chi connectivity index (χ1v) is 9.52. The molecule has 0 aliphatic rings. The quantitative estimate of drug-likeness (QED) is 0.463. The van der Waals surface area contributed by atoms with E-state index in [1.165, 1.54) is 10.8 Å². The number of ether oxygens (including phenoxy) is 1. The fourth-order valence-corrected chi connectivity index (χ4v) is 3.44. The van der Waals surface area contributed by atoms with E-state index in [1.807, 2.05) is 19.2 Å². The standard InChI is InChI=1S/C24H22N2O2/c1-2-28-23(27)12-8-17-7-11-21(24-25-13-14-26-24)22(15-17)20-10-9-18-5-3-4-6-19(18)16-20/h3-7,9-11,13-16H,2,8,12H2,1H3,(H,25,26). The molecule has 0 spiro atoms. The summed E-state index contributed by atoms with van der Waals surface area (Å²) in [6.45, 7) is 2.24. The van der Waals surface area contributed by atoms with Crippen molar-refractivity contribution < 1.29 is 9.53 Å². The third kappa shape index (κ3) is 3.81. The summed E-state index contributed by atoms with van der Waals surface area (Å²) in [6, 6.07) is 21.1. The number of aromatic amines is 1. The molecule has 0 amide bonds. The number of nitrogens with one attached hydrogen (secondary N) is 1. The smallest absolute Gasteiger partial charge is 0.306 e. The number of benzene rings is 3. The van der Waals surface area contributed by atoms with Crippen LogP contribution in [0.15, 0.2) is 73.1 Å². The predicted molar refractivity (Wildman–Crippen MR) is 112 cm³/mol. The molecule has 4 nitrogen and oxygen atoms in total. The van der Waals surface area contributed by atoms with Crippen LogP contribution in [0.25, 0.3) is 33.3 Å². The van der Waals surface area contributed by atoms with Crippen molar-refractivity contribution >= 4 is 16.7 Å². The average Bonchev–Trinajstić information content (AvgIpc) is 3.26. The van der Waals surface area contributed by atoms with E-state index in [0.717, 1.165) is 28.1 Å². The van der Waals surface area contributed by atoms with E-state index in [4.69, 9.17) is 4.74 Å². The summed E-state index contributed by atoms with van der Waals surface area (Å²) in [7, 11) is 0. The maximum absolute atomic E-state index is 11.7. The van der Waals surface area contributed by atoms with Gasteiger partial charge in [-0.1, -0.05) is 54.6 Å². The number of aromatic nitrogens is 2. The third-order valence-corrected chi connectivity index (χ3v) is 4.82. The van der Waals surface area contributed by atoms with Crippen LogP contribution in [0.5, 0.6) is 0 Å². The van der Waals surface area contributed by atoms with E-state index in [2.05, 4.69) is 64.6 Å². The summed E-state index contributed by atoms with van der Waals surface area (Å²) in [5.74, 6) is 0.671. The SMILES string of the molecule is CCOC(=O)CCc1ccc(-c2ncc[nH]2)c(-c2ccc3ccccc3c2)c1. The average molecular weight is 370 g/mol. The number of imidazole rings is 1. The van der Waals surface area contributed by atoms with Gasteiger partial charge in [-0.15, -0.1) is 0 Å². The largest absolute Gasteiger partial charge is 0.466 e. The van der Waals surface area contributed by atoms with Crippen molar-refractivity contribution in [3.8, 4) is 22.5 Å². The van der Waals surface area contributed by atoms with Crippen LogP contribution in [0, 0.1) is 0 Å². The van der Waals surface area contributed by atoms with Gasteiger partial charge in [-0.2, -0.15) is 0 Å². The number of nitrogens with zero attached hydrogens (tertiary/aromatic N) is 1. The Kier molecular flexibility index (Phi) is 5.20. The first-order chi connectivity index (χ1) is 13.7. The van der Waals surface area contributed by atoms with Gasteiger partial charge in [0, 0.05) is 24.4 Å². The van der Waals surface area contributed by atoms with Gasteiger partial charge in [-0.3, -0.25) is 4.79 Å². The Hall–Kier alpha value is -3.40. The molecule has 28 heavy (non-hydrogen) atoms. The number of esters is 1. The van der Waals surface area contributed by atoms with Gasteiger partial charge in [0.1, 0.15) is 5.82 Å². The van der Waals surface area contributed by atoms with E-state index >= 15 is 0 Å². The highest BCUT2D eigenvalue weighted by atomic mass is 16.5. The predicted octanol–water partition coefficient (Wildman–Crippen LogP) is 5.39. The number of hydrogen-bond acceptors (Lipinski definition) is 3. The zero-order valence-electron chi connectivity index (χ0n) is 15.8. The van der Waals surface area contributed by atoms with E-state index < -0.39 is 0 Å². The molecule has 1 aromatic heterocycles. The van der Waals surface area contributed by atoms with Crippen LogP contribution in [-0.4, -0.2) is 22.5 Å². The molecule has 0 aliphatic carbocycles. The molecule has 0 saturated carbocycles. The number of hydrogen-bond donors (Lipinski definition) is 1. The molecule has 0 atom stereocenters. The molecular weight excluding hydrogens is 348 g/mol. The van der Waals surface area contributed by atoms with Crippen LogP contribution in [0.1, 0.15) is 18.9 Å². The first kappa shape index (κ1) is 18.0. The maximum Gasteiger partial charge on any atom is 0.306 e. The lowest BCUT2D eigenvalue weighted by molar-refractivity contribution is -0.143. The summed E-state index contributed by atoms with van der Waals surface area (Å²) in [4.78, 5) is 19.4. The summed E-state index contributed by atoms with van der Waals surface area (Å²) >= 11 is 0. The number of carbonyl (C=O) groups is 1. The van der Waals surface area contributed by atoms with Crippen molar-refractivity contribution in [3.63, 3.8) is 0 Å². The topological polar surface area (TPSA) is 55.0 Å². The second-order valence-electron chi connectivity index (χ2n) is 6.68. The number of carbonyl (C=O) groups excluding carboxylic acids is 1. The first-order valence-electron chi connectivity index (χ1n) is 9.52. The monoisotopic (exact) mass is 370 g/mol. The van der Waals surface area contributed by atoms with Crippen LogP contribution in [0.3, 0.4) is 0 Å². The molecule has 0 saturated heterocycles. The Morgan fingerprint density at radius 1 is 1.00 bits per heavy atom. The van der Waals surface area contributed by atoms with Crippen molar-refractivity contribution in [2.45, 2.75) is 19.8 Å². The molecule has 140 valence electrons. The summed E-state index contributed by atoms with van der Waals surface area (Å²) in [5.41, 5.74) is 4.37. The van der Waals surface area contributed by atoms with Gasteiger partial charge in [0.15, 0.2) is 0 Å². The fraction of sp³-hybridized carbons (Fsp3) is 0.167. The van der Waals surface area contributed by atoms with Gasteiger partial charge in [0.2, 0.25) is 0 Å². The molecule has 0 bridgehead atoms. The molecule has 1 N–H and O–H groups in total. The summed E-state index contributed by atoms with van der Waals surface area (Å²) in [6.07, 6.45) is 4.62. The van der Waals surface area contributed by atoms with Gasteiger partial charge in [-0.05, 0) is 46.9 Å². The molecular formula is C24H22N2O2. The van der Waals surface area contributed by atoms with Crippen LogP contribution in [-0.2, 0) is 16.0 Å². The molecule has 4 rings (SSSR count). The van der Waals surface area contributed by atoms with Crippen molar-refractivity contribution in [2.24, 2.45) is 0 Å². The number of fused-ring (bicyclic) bond motifs is 1. The van der Waals surface area contributed by atoms with Gasteiger partial charge in [-0.25, -0.2) is 4.98 Å². The van der Waals surface area contributed by atoms with Crippen molar-refractivity contribution in [2.75, 3.05) is 6.61 Å². The highest BCUT2D eigenvalue weighted by Crippen LogP contribution is 2.33. The molecule has 4 aromatic rings. The number of H-pyrrole nitrogens is 1. The minimum absolute atomic E-state index is 0.162. The van der Waals surface area contributed by atoms with Crippen molar-refractivity contribution in [3.05, 3.63) is 78.6 Å². The molecule has 0 unspecified atom stereocenters. The number of aryl methyl sites for hydroxylation is 1. The van der Waals surface area contributed by atoms with Crippen LogP contribution in [0.4, 0.5) is 0 Å². The van der Waals surface area contributed by atoms with Gasteiger partial charge >= 0.3 is 5.97 Å². The maximum atomic E-state index is 11.7. The van der Waals surface area contributed by atoms with Crippen molar-refractivity contribution in [1.82, 2.24) is 9.97 Å². The van der Waals surface area contributed by atoms with Crippen LogP contribution >= 0.6 is 0 Å². The van der Waals surface area contributed by atoms with E-state index in [-0.39, 0.29) is 5.97 Å². The molecule has 4 heteroatoms. The van der Waals surface area contributed by atoms with Crippen molar-refractivity contribution in [1.29, 1.82) is 0 Å². The molecule has 0 fully saturated rings. The third-order valence-electron chi connectivity index (χ3n) is 4.82. The van der Waals surface area contributed by atoms with E-state index in [0.29, 0.717) is 19.4 Å². The second-order valence-corrected chi connectivity index (χ2v) is 6.68. The summed E-state index contributed by atoms with van der Waals surface area (Å²) in [5, 5.41) is 2.41. The molecule has 0 radical (unpaired) electrons. The Balaban J connectivity index is 1.75. The lowest BCUT2D eigenvalue weighted by Gasteiger charge is -2.12.